The average molecular weight is 415 g/mol. The number of fused-ring (bicyclic) bond motifs is 1. The summed E-state index contributed by atoms with van der Waals surface area (Å²) in [5, 5.41) is 0. The average Bonchev–Trinajstić information content (AvgIpc) is 2.77. The second kappa shape index (κ2) is 9.87. The van der Waals surface area contributed by atoms with Gasteiger partial charge < -0.3 is 28.6 Å². The molecule has 1 aliphatic heterocycles. The van der Waals surface area contributed by atoms with Gasteiger partial charge in [0.1, 0.15) is 19.0 Å². The van der Waals surface area contributed by atoms with Gasteiger partial charge in [-0.15, -0.1) is 0 Å². The molecule has 0 N–H and O–H groups in total. The quantitative estimate of drug-likeness (QED) is 0.613. The molecule has 0 saturated carbocycles. The first-order valence-corrected chi connectivity index (χ1v) is 9.62. The van der Waals surface area contributed by atoms with Gasteiger partial charge in [0.2, 0.25) is 5.75 Å². The Kier molecular flexibility index (Phi) is 7.00. The molecule has 0 bridgehead atoms. The number of rotatable bonds is 8. The first kappa shape index (κ1) is 21.3. The molecule has 1 heterocycles. The largest absolute Gasteiger partial charge is 0.494 e. The van der Waals surface area contributed by atoms with E-state index in [-0.39, 0.29) is 18.1 Å². The summed E-state index contributed by atoms with van der Waals surface area (Å²) in [6.45, 7) is 3.32. The van der Waals surface area contributed by atoms with Crippen LogP contribution in [-0.2, 0) is 16.1 Å². The van der Waals surface area contributed by atoms with Gasteiger partial charge in [0.25, 0.3) is 5.91 Å². The molecule has 0 atom stereocenters. The molecular weight excluding hydrogens is 390 g/mol. The van der Waals surface area contributed by atoms with Gasteiger partial charge in [-0.05, 0) is 36.8 Å². The van der Waals surface area contributed by atoms with Crippen molar-refractivity contribution in [3.63, 3.8) is 0 Å². The lowest BCUT2D eigenvalue weighted by Gasteiger charge is -2.21. The Bertz CT molecular complexity index is 878. The second-order valence-corrected chi connectivity index (χ2v) is 6.61. The maximum absolute atomic E-state index is 12.4. The molecule has 0 spiro atoms. The molecule has 0 fully saturated rings. The summed E-state index contributed by atoms with van der Waals surface area (Å²) in [4.78, 5) is 26.3. The molecule has 160 valence electrons. The molecule has 0 aliphatic carbocycles. The predicted octanol–water partition coefficient (Wildman–Crippen LogP) is 2.68. The highest BCUT2D eigenvalue weighted by molar-refractivity contribution is 5.92. The fraction of sp³-hybridized carbons (Fsp3) is 0.364. The molecule has 2 aromatic carbocycles. The zero-order chi connectivity index (χ0) is 21.5. The summed E-state index contributed by atoms with van der Waals surface area (Å²) in [7, 11) is 3.13. The highest BCUT2D eigenvalue weighted by atomic mass is 16.6. The topological polar surface area (TPSA) is 83.5 Å². The van der Waals surface area contributed by atoms with Crippen LogP contribution in [0.2, 0.25) is 0 Å². The van der Waals surface area contributed by atoms with Gasteiger partial charge in [-0.25, -0.2) is 4.79 Å². The van der Waals surface area contributed by atoms with Crippen molar-refractivity contribution in [2.24, 2.45) is 0 Å². The number of benzene rings is 2. The van der Waals surface area contributed by atoms with Crippen molar-refractivity contribution in [3.05, 3.63) is 47.5 Å². The van der Waals surface area contributed by atoms with Crippen molar-refractivity contribution in [2.75, 3.05) is 40.6 Å². The third-order valence-corrected chi connectivity index (χ3v) is 4.47. The van der Waals surface area contributed by atoms with E-state index in [0.29, 0.717) is 43.6 Å². The van der Waals surface area contributed by atoms with E-state index in [0.717, 1.165) is 11.3 Å². The van der Waals surface area contributed by atoms with Gasteiger partial charge in [0.05, 0.1) is 19.3 Å². The number of carbonyl (C=O) groups excluding carboxylic acids is 2. The summed E-state index contributed by atoms with van der Waals surface area (Å²) in [5.74, 6) is 1.05. The Morgan fingerprint density at radius 2 is 1.83 bits per heavy atom. The SMILES string of the molecule is CCOc1ccc(CN(C)C(=O)COC(=O)c2cc(OC)c3c(c2)OCCO3)cc1. The van der Waals surface area contributed by atoms with Gasteiger partial charge in [-0.3, -0.25) is 4.79 Å². The normalized spacial score (nSPS) is 12.1. The summed E-state index contributed by atoms with van der Waals surface area (Å²) in [5.41, 5.74) is 1.16. The molecule has 8 nitrogen and oxygen atoms in total. The van der Waals surface area contributed by atoms with Crippen molar-refractivity contribution in [1.29, 1.82) is 0 Å². The standard InChI is InChI=1S/C22H25NO7/c1-4-27-17-7-5-15(6-8-17)13-23(2)20(24)14-30-22(25)16-11-18(26-3)21-19(12-16)28-9-10-29-21/h5-8,11-12H,4,9-10,13-14H2,1-3H3. The smallest absolute Gasteiger partial charge is 0.338 e. The molecule has 30 heavy (non-hydrogen) atoms. The van der Waals surface area contributed by atoms with E-state index in [9.17, 15) is 9.59 Å². The van der Waals surface area contributed by atoms with E-state index in [1.54, 1.807) is 7.05 Å². The second-order valence-electron chi connectivity index (χ2n) is 6.61. The summed E-state index contributed by atoms with van der Waals surface area (Å²) < 4.78 is 26.9. The Labute approximate surface area is 175 Å². The van der Waals surface area contributed by atoms with E-state index in [4.69, 9.17) is 23.7 Å². The van der Waals surface area contributed by atoms with Crippen molar-refractivity contribution in [2.45, 2.75) is 13.5 Å². The van der Waals surface area contributed by atoms with Crippen molar-refractivity contribution >= 4 is 11.9 Å². The van der Waals surface area contributed by atoms with Gasteiger partial charge in [0.15, 0.2) is 18.1 Å². The van der Waals surface area contributed by atoms with Gasteiger partial charge in [-0.2, -0.15) is 0 Å². The molecular formula is C22H25NO7. The number of likely N-dealkylation sites (N-methyl/N-ethyl adjacent to an activating group) is 1. The molecule has 0 saturated heterocycles. The Morgan fingerprint density at radius 1 is 1.10 bits per heavy atom. The van der Waals surface area contributed by atoms with Crippen LogP contribution >= 0.6 is 0 Å². The van der Waals surface area contributed by atoms with Crippen molar-refractivity contribution in [1.82, 2.24) is 4.90 Å². The van der Waals surface area contributed by atoms with Gasteiger partial charge in [0, 0.05) is 13.6 Å². The zero-order valence-electron chi connectivity index (χ0n) is 17.3. The number of nitrogens with zero attached hydrogens (tertiary/aromatic N) is 1. The molecule has 1 aliphatic rings. The number of esters is 1. The number of ether oxygens (including phenoxy) is 5. The van der Waals surface area contributed by atoms with Crippen LogP contribution in [0.15, 0.2) is 36.4 Å². The lowest BCUT2D eigenvalue weighted by Crippen LogP contribution is -2.30. The summed E-state index contributed by atoms with van der Waals surface area (Å²) in [6.07, 6.45) is 0. The lowest BCUT2D eigenvalue weighted by atomic mass is 10.1. The third-order valence-electron chi connectivity index (χ3n) is 4.47. The first-order chi connectivity index (χ1) is 14.5. The van der Waals surface area contributed by atoms with Gasteiger partial charge >= 0.3 is 5.97 Å². The fourth-order valence-electron chi connectivity index (χ4n) is 2.93. The van der Waals surface area contributed by atoms with Crippen LogP contribution in [0.5, 0.6) is 23.0 Å². The van der Waals surface area contributed by atoms with E-state index in [1.165, 1.54) is 24.1 Å². The highest BCUT2D eigenvalue weighted by Gasteiger charge is 2.22. The molecule has 8 heteroatoms. The van der Waals surface area contributed by atoms with Crippen LogP contribution in [0.3, 0.4) is 0 Å². The lowest BCUT2D eigenvalue weighted by molar-refractivity contribution is -0.133. The maximum atomic E-state index is 12.4. The van der Waals surface area contributed by atoms with Crippen LogP contribution in [0.4, 0.5) is 0 Å². The van der Waals surface area contributed by atoms with Crippen LogP contribution < -0.4 is 18.9 Å². The van der Waals surface area contributed by atoms with Crippen molar-refractivity contribution < 1.29 is 33.3 Å². The third kappa shape index (κ3) is 5.14. The minimum Gasteiger partial charge on any atom is -0.494 e. The highest BCUT2D eigenvalue weighted by Crippen LogP contribution is 2.40. The van der Waals surface area contributed by atoms with E-state index in [1.807, 2.05) is 31.2 Å². The Morgan fingerprint density at radius 3 is 2.53 bits per heavy atom. The number of amides is 1. The minimum absolute atomic E-state index is 0.220. The predicted molar refractivity (Wildman–Crippen MR) is 108 cm³/mol. The Balaban J connectivity index is 1.56. The molecule has 0 aromatic heterocycles. The van der Waals surface area contributed by atoms with Gasteiger partial charge in [-0.1, -0.05) is 12.1 Å². The molecule has 2 aromatic rings. The Hall–Kier alpha value is -3.42. The van der Waals surface area contributed by atoms with E-state index < -0.39 is 5.97 Å². The zero-order valence-corrected chi connectivity index (χ0v) is 17.3. The minimum atomic E-state index is -0.645. The molecule has 1 amide bonds. The molecule has 3 rings (SSSR count). The molecule has 0 radical (unpaired) electrons. The van der Waals surface area contributed by atoms with Crippen LogP contribution in [0.1, 0.15) is 22.8 Å². The number of methoxy groups -OCH3 is 1. The fourth-order valence-corrected chi connectivity index (χ4v) is 2.93. The van der Waals surface area contributed by atoms with Crippen LogP contribution in [0, 0.1) is 0 Å². The summed E-state index contributed by atoms with van der Waals surface area (Å²) in [6, 6.07) is 10.5. The first-order valence-electron chi connectivity index (χ1n) is 9.62. The number of hydrogen-bond acceptors (Lipinski definition) is 7. The van der Waals surface area contributed by atoms with Crippen LogP contribution in [-0.4, -0.2) is 57.4 Å². The number of hydrogen-bond donors (Lipinski definition) is 0. The van der Waals surface area contributed by atoms with Crippen LogP contribution in [0.25, 0.3) is 0 Å². The maximum Gasteiger partial charge on any atom is 0.338 e. The monoisotopic (exact) mass is 415 g/mol. The summed E-state index contributed by atoms with van der Waals surface area (Å²) >= 11 is 0. The molecule has 0 unspecified atom stereocenters. The van der Waals surface area contributed by atoms with Crippen molar-refractivity contribution in [3.8, 4) is 23.0 Å². The van der Waals surface area contributed by atoms with E-state index in [2.05, 4.69) is 0 Å². The number of carbonyl (C=O) groups is 2. The van der Waals surface area contributed by atoms with E-state index >= 15 is 0 Å².